The van der Waals surface area contributed by atoms with Gasteiger partial charge in [0.05, 0.1) is 6.54 Å². The smallest absolute Gasteiger partial charge is 0.160 e. The van der Waals surface area contributed by atoms with Crippen molar-refractivity contribution in [3.63, 3.8) is 0 Å². The first-order valence-corrected chi connectivity index (χ1v) is 5.44. The maximum Gasteiger partial charge on any atom is 0.160 e. The highest BCUT2D eigenvalue weighted by atomic mass is 15.3. The largest absolute Gasteiger partial charge is 0.296 e. The van der Waals surface area contributed by atoms with Crippen LogP contribution < -0.4 is 0 Å². The Bertz CT molecular complexity index is 456. The minimum Gasteiger partial charge on any atom is -0.296 e. The first-order chi connectivity index (χ1) is 7.43. The molecule has 3 heterocycles. The molecule has 4 heteroatoms. The van der Waals surface area contributed by atoms with Gasteiger partial charge in [0.25, 0.3) is 0 Å². The third-order valence-electron chi connectivity index (χ3n) is 2.95. The van der Waals surface area contributed by atoms with Gasteiger partial charge < -0.3 is 0 Å². The van der Waals surface area contributed by atoms with Crippen molar-refractivity contribution in [1.29, 1.82) is 0 Å². The van der Waals surface area contributed by atoms with Crippen molar-refractivity contribution in [2.75, 3.05) is 13.1 Å². The third-order valence-corrected chi connectivity index (χ3v) is 2.95. The van der Waals surface area contributed by atoms with Crippen molar-refractivity contribution in [2.24, 2.45) is 0 Å². The molecule has 1 aliphatic heterocycles. The van der Waals surface area contributed by atoms with Crippen molar-refractivity contribution in [3.05, 3.63) is 30.2 Å². The van der Waals surface area contributed by atoms with Crippen LogP contribution in [0.15, 0.2) is 24.4 Å². The van der Waals surface area contributed by atoms with Crippen LogP contribution >= 0.6 is 0 Å². The summed E-state index contributed by atoms with van der Waals surface area (Å²) in [4.78, 5) is 2.43. The second-order valence-corrected chi connectivity index (χ2v) is 4.03. The van der Waals surface area contributed by atoms with Gasteiger partial charge in [-0.05, 0) is 38.1 Å². The fourth-order valence-electron chi connectivity index (χ4n) is 2.14. The van der Waals surface area contributed by atoms with Crippen molar-refractivity contribution < 1.29 is 0 Å². The van der Waals surface area contributed by atoms with Crippen molar-refractivity contribution in [3.8, 4) is 0 Å². The van der Waals surface area contributed by atoms with Gasteiger partial charge in [0, 0.05) is 6.20 Å². The second kappa shape index (κ2) is 3.62. The summed E-state index contributed by atoms with van der Waals surface area (Å²) in [7, 11) is 0. The number of pyridine rings is 1. The zero-order valence-electron chi connectivity index (χ0n) is 8.63. The fraction of sp³-hybridized carbons (Fsp3) is 0.455. The Hall–Kier alpha value is -1.42. The molecule has 2 aromatic rings. The summed E-state index contributed by atoms with van der Waals surface area (Å²) >= 11 is 0. The SMILES string of the molecule is c1ccn2c(CN3CCCC3)nnc2c1. The average molecular weight is 202 g/mol. The number of nitrogens with zero attached hydrogens (tertiary/aromatic N) is 4. The molecule has 78 valence electrons. The van der Waals surface area contributed by atoms with E-state index in [-0.39, 0.29) is 0 Å². The minimum atomic E-state index is 0.922. The molecule has 0 saturated carbocycles. The lowest BCUT2D eigenvalue weighted by molar-refractivity contribution is 0.321. The zero-order chi connectivity index (χ0) is 10.1. The monoisotopic (exact) mass is 202 g/mol. The highest BCUT2D eigenvalue weighted by molar-refractivity contribution is 5.36. The van der Waals surface area contributed by atoms with E-state index in [9.17, 15) is 0 Å². The quantitative estimate of drug-likeness (QED) is 0.736. The van der Waals surface area contributed by atoms with Crippen LogP contribution in [-0.2, 0) is 6.54 Å². The number of hydrogen-bond donors (Lipinski definition) is 0. The normalized spacial score (nSPS) is 17.6. The van der Waals surface area contributed by atoms with Crippen LogP contribution in [0.4, 0.5) is 0 Å². The minimum absolute atomic E-state index is 0.922. The van der Waals surface area contributed by atoms with Gasteiger partial charge in [0.15, 0.2) is 11.5 Å². The Morgan fingerprint density at radius 1 is 1.13 bits per heavy atom. The molecule has 0 bridgehead atoms. The molecule has 0 spiro atoms. The van der Waals surface area contributed by atoms with Crippen molar-refractivity contribution >= 4 is 5.65 Å². The highest BCUT2D eigenvalue weighted by Gasteiger charge is 2.14. The Morgan fingerprint density at radius 2 is 2.00 bits per heavy atom. The third kappa shape index (κ3) is 1.61. The van der Waals surface area contributed by atoms with E-state index >= 15 is 0 Å². The second-order valence-electron chi connectivity index (χ2n) is 4.03. The standard InChI is InChI=1S/C11H14N4/c1-2-8-15-10(5-1)12-13-11(15)9-14-6-3-4-7-14/h1-2,5,8H,3-4,6-7,9H2. The van der Waals surface area contributed by atoms with Crippen LogP contribution in [0.25, 0.3) is 5.65 Å². The number of rotatable bonds is 2. The summed E-state index contributed by atoms with van der Waals surface area (Å²) in [6, 6.07) is 5.99. The van der Waals surface area contributed by atoms with E-state index in [0.717, 1.165) is 18.0 Å². The Balaban J connectivity index is 1.90. The number of hydrogen-bond acceptors (Lipinski definition) is 3. The molecule has 1 aliphatic rings. The number of likely N-dealkylation sites (tertiary alicyclic amines) is 1. The summed E-state index contributed by atoms with van der Waals surface area (Å²) < 4.78 is 2.07. The van der Waals surface area contributed by atoms with Crippen LogP contribution in [0.5, 0.6) is 0 Å². The molecule has 2 aromatic heterocycles. The first-order valence-electron chi connectivity index (χ1n) is 5.44. The van der Waals surface area contributed by atoms with Crippen LogP contribution in [0, 0.1) is 0 Å². The van der Waals surface area contributed by atoms with Crippen molar-refractivity contribution in [2.45, 2.75) is 19.4 Å². The van der Waals surface area contributed by atoms with Crippen LogP contribution in [0.3, 0.4) is 0 Å². The Labute approximate surface area is 88.5 Å². The van der Waals surface area contributed by atoms with E-state index < -0.39 is 0 Å². The fourth-order valence-corrected chi connectivity index (χ4v) is 2.14. The topological polar surface area (TPSA) is 33.4 Å². The average Bonchev–Trinajstić information content (AvgIpc) is 2.89. The first kappa shape index (κ1) is 8.85. The van der Waals surface area contributed by atoms with E-state index in [0.29, 0.717) is 0 Å². The van der Waals surface area contributed by atoms with E-state index in [1.54, 1.807) is 0 Å². The number of aromatic nitrogens is 3. The van der Waals surface area contributed by atoms with E-state index in [4.69, 9.17) is 0 Å². The molecule has 4 nitrogen and oxygen atoms in total. The predicted octanol–water partition coefficient (Wildman–Crippen LogP) is 1.33. The molecule has 0 atom stereocenters. The Morgan fingerprint density at radius 3 is 2.87 bits per heavy atom. The van der Waals surface area contributed by atoms with Gasteiger partial charge in [-0.15, -0.1) is 10.2 Å². The van der Waals surface area contributed by atoms with Gasteiger partial charge in [-0.2, -0.15) is 0 Å². The van der Waals surface area contributed by atoms with Gasteiger partial charge >= 0.3 is 0 Å². The van der Waals surface area contributed by atoms with Crippen LogP contribution in [0.2, 0.25) is 0 Å². The highest BCUT2D eigenvalue weighted by Crippen LogP contribution is 2.12. The van der Waals surface area contributed by atoms with Gasteiger partial charge in [-0.25, -0.2) is 0 Å². The van der Waals surface area contributed by atoms with Crippen LogP contribution in [0.1, 0.15) is 18.7 Å². The lowest BCUT2D eigenvalue weighted by Gasteiger charge is -2.12. The molecule has 0 N–H and O–H groups in total. The van der Waals surface area contributed by atoms with Crippen molar-refractivity contribution in [1.82, 2.24) is 19.5 Å². The molecule has 0 radical (unpaired) electrons. The summed E-state index contributed by atoms with van der Waals surface area (Å²) in [6.07, 6.45) is 4.66. The molecule has 0 amide bonds. The lowest BCUT2D eigenvalue weighted by Crippen LogP contribution is -2.20. The molecular formula is C11H14N4. The summed E-state index contributed by atoms with van der Waals surface area (Å²) in [6.45, 7) is 3.31. The molecule has 1 saturated heterocycles. The van der Waals surface area contributed by atoms with E-state index in [2.05, 4.69) is 19.5 Å². The molecule has 15 heavy (non-hydrogen) atoms. The molecule has 0 unspecified atom stereocenters. The summed E-state index contributed by atoms with van der Waals surface area (Å²) in [5, 5.41) is 8.38. The Kier molecular flexibility index (Phi) is 2.14. The molecule has 0 aliphatic carbocycles. The molecular weight excluding hydrogens is 188 g/mol. The van der Waals surface area contributed by atoms with Gasteiger partial charge in [0.1, 0.15) is 0 Å². The summed E-state index contributed by atoms with van der Waals surface area (Å²) in [5.74, 6) is 1.05. The summed E-state index contributed by atoms with van der Waals surface area (Å²) in [5.41, 5.74) is 0.937. The molecule has 3 rings (SSSR count). The number of fused-ring (bicyclic) bond motifs is 1. The molecule has 0 aromatic carbocycles. The predicted molar refractivity (Wildman–Crippen MR) is 57.5 cm³/mol. The maximum absolute atomic E-state index is 4.23. The lowest BCUT2D eigenvalue weighted by atomic mass is 10.4. The maximum atomic E-state index is 4.23. The van der Waals surface area contributed by atoms with E-state index in [1.165, 1.54) is 25.9 Å². The molecule has 1 fully saturated rings. The van der Waals surface area contributed by atoms with Crippen LogP contribution in [-0.4, -0.2) is 32.6 Å². The van der Waals surface area contributed by atoms with Gasteiger partial charge in [-0.3, -0.25) is 9.30 Å². The van der Waals surface area contributed by atoms with Gasteiger partial charge in [-0.1, -0.05) is 6.07 Å². The van der Waals surface area contributed by atoms with Gasteiger partial charge in [0.2, 0.25) is 0 Å². The zero-order valence-corrected chi connectivity index (χ0v) is 8.63. The van der Waals surface area contributed by atoms with E-state index in [1.807, 2.05) is 24.4 Å².